The van der Waals surface area contributed by atoms with Gasteiger partial charge in [-0.25, -0.2) is 0 Å². The number of methoxy groups -OCH3 is 2. The minimum absolute atomic E-state index is 0.00652. The van der Waals surface area contributed by atoms with Gasteiger partial charge in [0.2, 0.25) is 0 Å². The maximum absolute atomic E-state index is 5.37. The smallest absolute Gasteiger partial charge is 0.171 e. The van der Waals surface area contributed by atoms with Crippen LogP contribution in [0.25, 0.3) is 0 Å². The molecule has 0 bridgehead atoms. The van der Waals surface area contributed by atoms with Crippen LogP contribution in [0, 0.1) is 0 Å². The molecule has 124 valence electrons. The molecule has 0 aliphatic rings. The van der Waals surface area contributed by atoms with E-state index in [9.17, 15) is 0 Å². The second-order valence-electron chi connectivity index (χ2n) is 4.98. The average molecular weight is 334 g/mol. The van der Waals surface area contributed by atoms with E-state index < -0.39 is 0 Å². The number of hydrogen-bond acceptors (Lipinski definition) is 4. The SMILES string of the molecule is CCn1ccc(C(C)NC(=S)Nc2ccc(OC)cc2OC)n1. The normalized spacial score (nSPS) is 11.7. The van der Waals surface area contributed by atoms with Crippen molar-refractivity contribution in [3.05, 3.63) is 36.2 Å². The molecule has 0 saturated heterocycles. The lowest BCUT2D eigenvalue weighted by molar-refractivity contribution is 0.395. The Morgan fingerprint density at radius 2 is 2.09 bits per heavy atom. The molecule has 1 unspecified atom stereocenters. The number of anilines is 1. The van der Waals surface area contributed by atoms with Crippen LogP contribution < -0.4 is 20.1 Å². The van der Waals surface area contributed by atoms with Crippen molar-refractivity contribution in [2.45, 2.75) is 26.4 Å². The van der Waals surface area contributed by atoms with Gasteiger partial charge in [0.05, 0.1) is 31.6 Å². The van der Waals surface area contributed by atoms with Gasteiger partial charge in [0.15, 0.2) is 5.11 Å². The highest BCUT2D eigenvalue weighted by Crippen LogP contribution is 2.29. The number of benzene rings is 1. The zero-order valence-corrected chi connectivity index (χ0v) is 14.6. The Morgan fingerprint density at radius 3 is 2.70 bits per heavy atom. The lowest BCUT2D eigenvalue weighted by atomic mass is 10.2. The minimum Gasteiger partial charge on any atom is -0.497 e. The molecule has 1 aromatic heterocycles. The molecule has 6 nitrogen and oxygen atoms in total. The summed E-state index contributed by atoms with van der Waals surface area (Å²) < 4.78 is 12.4. The molecule has 1 aromatic carbocycles. The summed E-state index contributed by atoms with van der Waals surface area (Å²) in [4.78, 5) is 0. The van der Waals surface area contributed by atoms with E-state index in [4.69, 9.17) is 21.7 Å². The number of nitrogens with one attached hydrogen (secondary N) is 2. The molecule has 2 N–H and O–H groups in total. The molecule has 23 heavy (non-hydrogen) atoms. The Kier molecular flexibility index (Phi) is 5.81. The predicted molar refractivity (Wildman–Crippen MR) is 95.2 cm³/mol. The topological polar surface area (TPSA) is 60.3 Å². The van der Waals surface area contributed by atoms with Crippen LogP contribution in [0.3, 0.4) is 0 Å². The van der Waals surface area contributed by atoms with Gasteiger partial charge in [0.1, 0.15) is 11.5 Å². The van der Waals surface area contributed by atoms with E-state index in [-0.39, 0.29) is 6.04 Å². The van der Waals surface area contributed by atoms with Gasteiger partial charge in [-0.1, -0.05) is 0 Å². The van der Waals surface area contributed by atoms with E-state index in [0.717, 1.165) is 23.7 Å². The molecular weight excluding hydrogens is 312 g/mol. The van der Waals surface area contributed by atoms with Crippen molar-refractivity contribution in [2.24, 2.45) is 0 Å². The summed E-state index contributed by atoms with van der Waals surface area (Å²) in [5, 5.41) is 11.3. The van der Waals surface area contributed by atoms with Gasteiger partial charge >= 0.3 is 0 Å². The maximum Gasteiger partial charge on any atom is 0.171 e. The molecule has 0 fully saturated rings. The zero-order valence-electron chi connectivity index (χ0n) is 13.8. The third-order valence-electron chi connectivity index (χ3n) is 3.43. The summed E-state index contributed by atoms with van der Waals surface area (Å²) in [6, 6.07) is 7.50. The predicted octanol–water partition coefficient (Wildman–Crippen LogP) is 2.97. The highest BCUT2D eigenvalue weighted by molar-refractivity contribution is 7.80. The van der Waals surface area contributed by atoms with Crippen LogP contribution in [-0.4, -0.2) is 29.1 Å². The third kappa shape index (κ3) is 4.35. The van der Waals surface area contributed by atoms with Crippen molar-refractivity contribution in [1.29, 1.82) is 0 Å². The largest absolute Gasteiger partial charge is 0.497 e. The lowest BCUT2D eigenvalue weighted by Gasteiger charge is -2.17. The van der Waals surface area contributed by atoms with E-state index in [1.807, 2.05) is 36.0 Å². The number of hydrogen-bond donors (Lipinski definition) is 2. The molecule has 0 radical (unpaired) electrons. The van der Waals surface area contributed by atoms with Gasteiger partial charge < -0.3 is 20.1 Å². The van der Waals surface area contributed by atoms with Gasteiger partial charge in [-0.2, -0.15) is 5.10 Å². The van der Waals surface area contributed by atoms with Crippen LogP contribution in [0.5, 0.6) is 11.5 Å². The molecule has 7 heteroatoms. The van der Waals surface area contributed by atoms with Gasteiger partial charge in [-0.15, -0.1) is 0 Å². The summed E-state index contributed by atoms with van der Waals surface area (Å²) in [7, 11) is 3.22. The van der Waals surface area contributed by atoms with E-state index in [1.54, 1.807) is 20.3 Å². The Balaban J connectivity index is 2.01. The molecule has 0 aliphatic carbocycles. The second kappa shape index (κ2) is 7.82. The van der Waals surface area contributed by atoms with Gasteiger partial charge in [0.25, 0.3) is 0 Å². The van der Waals surface area contributed by atoms with Gasteiger partial charge in [-0.3, -0.25) is 4.68 Å². The van der Waals surface area contributed by atoms with Crippen molar-refractivity contribution in [2.75, 3.05) is 19.5 Å². The summed E-state index contributed by atoms with van der Waals surface area (Å²) in [5.74, 6) is 1.39. The van der Waals surface area contributed by atoms with Crippen molar-refractivity contribution in [3.63, 3.8) is 0 Å². The van der Waals surface area contributed by atoms with Crippen LogP contribution in [0.4, 0.5) is 5.69 Å². The lowest BCUT2D eigenvalue weighted by Crippen LogP contribution is -2.31. The molecule has 0 amide bonds. The van der Waals surface area contributed by atoms with Gasteiger partial charge in [-0.05, 0) is 44.3 Å². The number of rotatable bonds is 6. The van der Waals surface area contributed by atoms with Crippen LogP contribution in [0.2, 0.25) is 0 Å². The monoisotopic (exact) mass is 334 g/mol. The summed E-state index contributed by atoms with van der Waals surface area (Å²) >= 11 is 5.37. The summed E-state index contributed by atoms with van der Waals surface area (Å²) in [5.41, 5.74) is 1.72. The van der Waals surface area contributed by atoms with E-state index in [2.05, 4.69) is 22.7 Å². The highest BCUT2D eigenvalue weighted by atomic mass is 32.1. The molecule has 2 aromatic rings. The molecule has 0 saturated carbocycles. The molecular formula is C16H22N4O2S. The van der Waals surface area contributed by atoms with Crippen molar-refractivity contribution < 1.29 is 9.47 Å². The van der Waals surface area contributed by atoms with Crippen molar-refractivity contribution in [3.8, 4) is 11.5 Å². The van der Waals surface area contributed by atoms with Crippen LogP contribution >= 0.6 is 12.2 Å². The van der Waals surface area contributed by atoms with Crippen LogP contribution in [-0.2, 0) is 6.54 Å². The van der Waals surface area contributed by atoms with Crippen molar-refractivity contribution >= 4 is 23.0 Å². The fraction of sp³-hybridized carbons (Fsp3) is 0.375. The molecule has 1 heterocycles. The first-order valence-electron chi connectivity index (χ1n) is 7.40. The van der Waals surface area contributed by atoms with Crippen LogP contribution in [0.1, 0.15) is 25.6 Å². The quantitative estimate of drug-likeness (QED) is 0.792. The average Bonchev–Trinajstić information content (AvgIpc) is 3.04. The number of nitrogens with zero attached hydrogens (tertiary/aromatic N) is 2. The van der Waals surface area contributed by atoms with Crippen LogP contribution in [0.15, 0.2) is 30.5 Å². The number of aryl methyl sites for hydroxylation is 1. The molecule has 2 rings (SSSR count). The summed E-state index contributed by atoms with van der Waals surface area (Å²) in [6.45, 7) is 4.91. The second-order valence-corrected chi connectivity index (χ2v) is 5.39. The fourth-order valence-electron chi connectivity index (χ4n) is 2.12. The van der Waals surface area contributed by atoms with Crippen molar-refractivity contribution in [1.82, 2.24) is 15.1 Å². The van der Waals surface area contributed by atoms with Gasteiger partial charge in [0, 0.05) is 18.8 Å². The Bertz CT molecular complexity index is 672. The number of aromatic nitrogens is 2. The zero-order chi connectivity index (χ0) is 16.8. The number of thiocarbonyl (C=S) groups is 1. The first-order valence-corrected chi connectivity index (χ1v) is 7.81. The Morgan fingerprint density at radius 1 is 1.30 bits per heavy atom. The van der Waals surface area contributed by atoms with E-state index in [0.29, 0.717) is 10.9 Å². The standard InChI is InChI=1S/C16H22N4O2S/c1-5-20-9-8-13(19-20)11(2)17-16(23)18-14-7-6-12(21-3)10-15(14)22-4/h6-11H,5H2,1-4H3,(H2,17,18,23). The number of ether oxygens (including phenoxy) is 2. The highest BCUT2D eigenvalue weighted by Gasteiger charge is 2.12. The Labute approximate surface area is 141 Å². The van der Waals surface area contributed by atoms with E-state index in [1.165, 1.54) is 0 Å². The molecule has 1 atom stereocenters. The summed E-state index contributed by atoms with van der Waals surface area (Å²) in [6.07, 6.45) is 1.95. The minimum atomic E-state index is 0.00652. The molecule has 0 spiro atoms. The van der Waals surface area contributed by atoms with E-state index >= 15 is 0 Å². The maximum atomic E-state index is 5.37. The third-order valence-corrected chi connectivity index (χ3v) is 3.65. The first kappa shape index (κ1) is 17.1. The molecule has 0 aliphatic heterocycles. The Hall–Kier alpha value is -2.28. The fourth-order valence-corrected chi connectivity index (χ4v) is 2.40. The first-order chi connectivity index (χ1) is 11.1.